The first-order valence-electron chi connectivity index (χ1n) is 0.491. The summed E-state index contributed by atoms with van der Waals surface area (Å²) in [4.78, 5) is 4.28. The number of hydrogen-bond acceptors (Lipinski definition) is 3. The van der Waals surface area contributed by atoms with Crippen LogP contribution in [0.3, 0.4) is 0 Å². The first-order valence-corrected chi connectivity index (χ1v) is 2.02. The summed E-state index contributed by atoms with van der Waals surface area (Å²) in [5, 5.41) is 0. The average molecular weight is 190 g/mol. The molecule has 4 N–H and O–H groups in total. The Morgan fingerprint density at radius 1 is 1.40 bits per heavy atom. The zero-order valence-electron chi connectivity index (χ0n) is 2.21. The van der Waals surface area contributed by atoms with Crippen LogP contribution in [0.4, 0.5) is 0 Å². The average Bonchev–Trinajstić information content (AvgIpc) is 0.811. The fourth-order valence-electron chi connectivity index (χ4n) is 0. The summed E-state index contributed by atoms with van der Waals surface area (Å²) in [5.41, 5.74) is 0. The Balaban J connectivity index is 0. The quantitative estimate of drug-likeness (QED) is 0.452. The van der Waals surface area contributed by atoms with Crippen LogP contribution in [0.15, 0.2) is 0 Å². The van der Waals surface area contributed by atoms with Crippen LogP contribution in [-0.2, 0) is 14.5 Å². The van der Waals surface area contributed by atoms with Gasteiger partial charge in [0.25, 0.3) is 0 Å². The molecule has 0 heterocycles. The molecule has 0 aromatic carbocycles. The van der Waals surface area contributed by atoms with Crippen molar-refractivity contribution in [2.24, 2.45) is 4.78 Å². The van der Waals surface area contributed by atoms with Gasteiger partial charge in [-0.1, -0.05) is 0 Å². The van der Waals surface area contributed by atoms with Crippen LogP contribution in [0.5, 0.6) is 0 Å². The van der Waals surface area contributed by atoms with Gasteiger partial charge in [0.05, 0.1) is 0 Å². The second-order valence-electron chi connectivity index (χ2n) is 0.239. The van der Waals surface area contributed by atoms with Gasteiger partial charge in [0.2, 0.25) is 0 Å². The van der Waals surface area contributed by atoms with E-state index in [-0.39, 0.29) is 17.0 Å². The summed E-state index contributed by atoms with van der Waals surface area (Å²) in [5.74, 6) is 0. The first kappa shape index (κ1) is 9.29. The van der Waals surface area contributed by atoms with E-state index in [1.165, 1.54) is 0 Å². The standard InChI is InChI=1S/BrH.Co.H2N.2H2O/h1H;;3*1H2/q;+3;-1;;/p-2. The van der Waals surface area contributed by atoms with Crippen LogP contribution >= 0.6 is 17.0 Å². The third-order valence-corrected chi connectivity index (χ3v) is 0. The van der Waals surface area contributed by atoms with Gasteiger partial charge in [-0.05, 0) is 0 Å². The molecular formula is H5BrCoNO2. The van der Waals surface area contributed by atoms with Crippen LogP contribution in [0, 0.1) is 0 Å². The number of rotatable bonds is 0. The normalized spacial score (nSPS) is 9.00. The van der Waals surface area contributed by atoms with Crippen molar-refractivity contribution in [1.82, 2.24) is 0 Å². The predicted octanol–water partition coefficient (Wildman–Crippen LogP) is -1.13. The second kappa shape index (κ2) is 4.87. The minimum atomic E-state index is -2.10. The molecule has 0 aliphatic carbocycles. The molecule has 0 aromatic heterocycles. The predicted molar refractivity (Wildman–Crippen MR) is 18.9 cm³/mol. The molecule has 0 radical (unpaired) electrons. The maximum atomic E-state index is 7.45. The van der Waals surface area contributed by atoms with Crippen LogP contribution in [0.2, 0.25) is 0 Å². The third-order valence-electron chi connectivity index (χ3n) is 0. The Bertz CT molecular complexity index is 14.4. The van der Waals surface area contributed by atoms with Crippen molar-refractivity contribution in [2.45, 2.75) is 0 Å². The van der Waals surface area contributed by atoms with E-state index in [1.54, 1.807) is 0 Å². The topological polar surface area (TPSA) is 66.5 Å². The summed E-state index contributed by atoms with van der Waals surface area (Å²) in [6, 6.07) is 0. The number of hydrogen-bond donors (Lipinski definition) is 3. The molecule has 0 atom stereocenters. The molecule has 0 bridgehead atoms. The molecule has 0 rings (SSSR count). The van der Waals surface area contributed by atoms with Crippen LogP contribution in [-0.4, -0.2) is 8.44 Å². The van der Waals surface area contributed by atoms with E-state index in [0.29, 0.717) is 0 Å². The molecule has 0 fully saturated rings. The Kier molecular flexibility index (Phi) is 9.05. The van der Waals surface area contributed by atoms with E-state index in [0.717, 1.165) is 0 Å². The minimum absolute atomic E-state index is 0. The Labute approximate surface area is 45.2 Å². The van der Waals surface area contributed by atoms with Crippen molar-refractivity contribution in [1.29, 1.82) is 0 Å². The van der Waals surface area contributed by atoms with Crippen LogP contribution < -0.4 is 4.78 Å². The van der Waals surface area contributed by atoms with E-state index in [1.807, 2.05) is 0 Å². The zero-order valence-corrected chi connectivity index (χ0v) is 4.97. The Hall–Kier alpha value is 0.866. The summed E-state index contributed by atoms with van der Waals surface area (Å²) < 4.78 is 14.9. The van der Waals surface area contributed by atoms with E-state index < -0.39 is 14.5 Å². The van der Waals surface area contributed by atoms with Crippen molar-refractivity contribution in [3.05, 3.63) is 0 Å². The Morgan fingerprint density at radius 2 is 1.40 bits per heavy atom. The molecule has 0 unspecified atom stereocenters. The van der Waals surface area contributed by atoms with E-state index in [2.05, 4.69) is 4.78 Å². The molecule has 0 aliphatic rings. The molecule has 0 aromatic rings. The molecule has 0 aliphatic heterocycles. The van der Waals surface area contributed by atoms with Crippen LogP contribution in [0.25, 0.3) is 0 Å². The number of halogens is 1. The monoisotopic (exact) mass is 189 g/mol. The van der Waals surface area contributed by atoms with Crippen molar-refractivity contribution in [2.75, 3.05) is 0 Å². The molecule has 0 saturated heterocycles. The van der Waals surface area contributed by atoms with E-state index >= 15 is 0 Å². The second-order valence-corrected chi connectivity index (χ2v) is 0.985. The molecule has 5 heavy (non-hydrogen) atoms. The molecule has 5 heteroatoms. The van der Waals surface area contributed by atoms with Crippen molar-refractivity contribution in [3.8, 4) is 0 Å². The summed E-state index contributed by atoms with van der Waals surface area (Å²) in [6.45, 7) is 0. The maximum absolute atomic E-state index is 7.45. The first-order chi connectivity index (χ1) is 1.73. The molecule has 0 amide bonds. The van der Waals surface area contributed by atoms with E-state index in [4.69, 9.17) is 8.44 Å². The SMILES string of the molecule is Br.[NH2][Co]([OH])[OH]. The summed E-state index contributed by atoms with van der Waals surface area (Å²) in [6.07, 6.45) is 0. The van der Waals surface area contributed by atoms with E-state index in [9.17, 15) is 0 Å². The van der Waals surface area contributed by atoms with Crippen molar-refractivity contribution >= 4 is 17.0 Å². The fraction of sp³-hybridized carbons (Fsp3) is 0. The van der Waals surface area contributed by atoms with Gasteiger partial charge in [-0.2, -0.15) is 0 Å². The van der Waals surface area contributed by atoms with Gasteiger partial charge in [-0.15, -0.1) is 17.0 Å². The molecule has 0 saturated carbocycles. The molecular weight excluding hydrogens is 185 g/mol. The summed E-state index contributed by atoms with van der Waals surface area (Å²) >= 11 is -2.10. The van der Waals surface area contributed by atoms with Gasteiger partial charge < -0.3 is 0 Å². The van der Waals surface area contributed by atoms with Gasteiger partial charge >= 0.3 is 27.7 Å². The van der Waals surface area contributed by atoms with Crippen molar-refractivity contribution < 1.29 is 23.0 Å². The van der Waals surface area contributed by atoms with Gasteiger partial charge in [0, 0.05) is 0 Å². The van der Waals surface area contributed by atoms with Gasteiger partial charge in [-0.25, -0.2) is 0 Å². The van der Waals surface area contributed by atoms with Crippen LogP contribution in [0.1, 0.15) is 0 Å². The van der Waals surface area contributed by atoms with Gasteiger partial charge in [0.15, 0.2) is 0 Å². The molecule has 0 spiro atoms. The zero-order chi connectivity index (χ0) is 3.58. The summed E-state index contributed by atoms with van der Waals surface area (Å²) in [7, 11) is 0. The molecule has 38 valence electrons. The van der Waals surface area contributed by atoms with Crippen molar-refractivity contribution in [3.63, 3.8) is 0 Å². The fourth-order valence-corrected chi connectivity index (χ4v) is 0. The third kappa shape index (κ3) is 53.3. The van der Waals surface area contributed by atoms with Gasteiger partial charge in [-0.3, -0.25) is 0 Å². The number of nitrogens with two attached hydrogens (primary N) is 1. The van der Waals surface area contributed by atoms with Gasteiger partial charge in [0.1, 0.15) is 0 Å². The Morgan fingerprint density at radius 3 is 1.40 bits per heavy atom. The molecule has 3 nitrogen and oxygen atoms in total.